The number of amides is 1. The molecule has 2 aromatic carbocycles. The third-order valence-corrected chi connectivity index (χ3v) is 8.86. The van der Waals surface area contributed by atoms with Crippen LogP contribution >= 0.6 is 28.7 Å². The van der Waals surface area contributed by atoms with Crippen molar-refractivity contribution >= 4 is 40.3 Å². The molecule has 1 aliphatic rings. The van der Waals surface area contributed by atoms with Gasteiger partial charge in [-0.05, 0) is 59.1 Å². The summed E-state index contributed by atoms with van der Waals surface area (Å²) in [6, 6.07) is 14.1. The highest BCUT2D eigenvalue weighted by molar-refractivity contribution is 8.93. The Morgan fingerprint density at radius 1 is 0.864 bits per heavy atom. The number of allylic oxidation sites excluding steroid dienone is 1. The van der Waals surface area contributed by atoms with Gasteiger partial charge < -0.3 is 19.7 Å². The van der Waals surface area contributed by atoms with E-state index >= 15 is 0 Å². The van der Waals surface area contributed by atoms with Crippen molar-refractivity contribution in [1.29, 1.82) is 0 Å². The van der Waals surface area contributed by atoms with Crippen molar-refractivity contribution in [2.75, 3.05) is 24.4 Å². The minimum atomic E-state index is -0.184. The zero-order valence-electron chi connectivity index (χ0n) is 27.9. The molecule has 0 aromatic heterocycles. The van der Waals surface area contributed by atoms with Crippen molar-refractivity contribution in [3.8, 4) is 11.5 Å². The summed E-state index contributed by atoms with van der Waals surface area (Å²) in [5.74, 6) is 2.12. The average Bonchev–Trinajstić information content (AvgIpc) is 3.38. The van der Waals surface area contributed by atoms with Gasteiger partial charge in [-0.3, -0.25) is 4.79 Å². The van der Waals surface area contributed by atoms with Crippen LogP contribution in [0.1, 0.15) is 123 Å². The molecule has 0 aliphatic carbocycles. The van der Waals surface area contributed by atoms with Gasteiger partial charge in [0.25, 0.3) is 5.91 Å². The van der Waals surface area contributed by atoms with E-state index < -0.39 is 0 Å². The van der Waals surface area contributed by atoms with E-state index in [0.29, 0.717) is 12.4 Å². The molecule has 44 heavy (non-hydrogen) atoms. The minimum Gasteiger partial charge on any atom is -0.490 e. The summed E-state index contributed by atoms with van der Waals surface area (Å²) < 4.78 is 12.2. The highest BCUT2D eigenvalue weighted by atomic mass is 79.9. The summed E-state index contributed by atoms with van der Waals surface area (Å²) in [5, 5.41) is 2.99. The first-order valence-electron chi connectivity index (χ1n) is 16.6. The SMILES string of the molecule is Br.CCCCCCCCCCCCCCOc1cc(C(C)(C)C)ccc1OCC(=O)Nc1cccc(CN2C=C(C)SC2)c1. The van der Waals surface area contributed by atoms with Crippen LogP contribution in [-0.4, -0.2) is 29.9 Å². The van der Waals surface area contributed by atoms with Gasteiger partial charge in [-0.2, -0.15) is 0 Å². The molecular formula is C37H57BrN2O3S. The number of thioether (sulfide) groups is 1. The predicted molar refractivity (Wildman–Crippen MR) is 194 cm³/mol. The first-order chi connectivity index (χ1) is 20.7. The summed E-state index contributed by atoms with van der Waals surface area (Å²) in [6.07, 6.45) is 18.0. The van der Waals surface area contributed by atoms with Gasteiger partial charge in [0.2, 0.25) is 0 Å². The van der Waals surface area contributed by atoms with Gasteiger partial charge in [-0.15, -0.1) is 28.7 Å². The molecule has 0 spiro atoms. The third-order valence-electron chi connectivity index (χ3n) is 7.84. The molecule has 1 N–H and O–H groups in total. The van der Waals surface area contributed by atoms with Crippen LogP contribution in [0.3, 0.4) is 0 Å². The molecule has 0 atom stereocenters. The number of ether oxygens (including phenoxy) is 2. The predicted octanol–water partition coefficient (Wildman–Crippen LogP) is 11.0. The van der Waals surface area contributed by atoms with Gasteiger partial charge in [0.15, 0.2) is 18.1 Å². The standard InChI is InChI=1S/C37H56N2O3S.BrH/c1-6-7-8-9-10-11-12-13-14-15-16-17-23-41-35-25-32(37(3,4)5)21-22-34(35)42-28-36(40)38-33-20-18-19-31(24-33)27-39-26-30(2)43-29-39;/h18-22,24-26H,6-17,23,27-29H2,1-5H3,(H,38,40);1H. The number of nitrogens with one attached hydrogen (secondary N) is 1. The molecule has 2 aromatic rings. The Balaban J connectivity index is 0.00000675. The maximum absolute atomic E-state index is 12.8. The lowest BCUT2D eigenvalue weighted by molar-refractivity contribution is -0.118. The van der Waals surface area contributed by atoms with Gasteiger partial charge in [0.05, 0.1) is 12.5 Å². The number of nitrogens with zero attached hydrogens (tertiary/aromatic N) is 1. The summed E-state index contributed by atoms with van der Waals surface area (Å²) in [6.45, 7) is 12.4. The molecule has 3 rings (SSSR count). The number of carbonyl (C=O) groups is 1. The summed E-state index contributed by atoms with van der Waals surface area (Å²) in [5.41, 5.74) is 3.13. The second kappa shape index (κ2) is 20.8. The molecule has 5 nitrogen and oxygen atoms in total. The van der Waals surface area contributed by atoms with Crippen LogP contribution < -0.4 is 14.8 Å². The second-order valence-electron chi connectivity index (χ2n) is 12.9. The molecule has 1 heterocycles. The Morgan fingerprint density at radius 3 is 2.14 bits per heavy atom. The Bertz CT molecular complexity index is 1150. The molecule has 0 bridgehead atoms. The van der Waals surface area contributed by atoms with E-state index in [1.807, 2.05) is 36.0 Å². The number of rotatable bonds is 20. The fourth-order valence-electron chi connectivity index (χ4n) is 5.26. The fraction of sp³-hybridized carbons (Fsp3) is 0.595. The number of hydrogen-bond acceptors (Lipinski definition) is 5. The van der Waals surface area contributed by atoms with Gasteiger partial charge in [-0.1, -0.05) is 117 Å². The van der Waals surface area contributed by atoms with Crippen molar-refractivity contribution in [3.05, 3.63) is 64.7 Å². The monoisotopic (exact) mass is 688 g/mol. The lowest BCUT2D eigenvalue weighted by Crippen LogP contribution is -2.21. The van der Waals surface area contributed by atoms with Crippen LogP contribution in [0.4, 0.5) is 5.69 Å². The Hall–Kier alpha value is -2.12. The average molecular weight is 690 g/mol. The van der Waals surface area contributed by atoms with Crippen molar-refractivity contribution in [2.45, 2.75) is 124 Å². The van der Waals surface area contributed by atoms with Gasteiger partial charge >= 0.3 is 0 Å². The van der Waals surface area contributed by atoms with Crippen molar-refractivity contribution in [3.63, 3.8) is 0 Å². The number of hydrogen-bond donors (Lipinski definition) is 1. The fourth-order valence-corrected chi connectivity index (χ4v) is 6.02. The molecule has 7 heteroatoms. The lowest BCUT2D eigenvalue weighted by atomic mass is 9.87. The second-order valence-corrected chi connectivity index (χ2v) is 14.1. The summed E-state index contributed by atoms with van der Waals surface area (Å²) in [7, 11) is 0. The van der Waals surface area contributed by atoms with Crippen LogP contribution in [0.15, 0.2) is 53.6 Å². The molecule has 0 saturated heterocycles. The van der Waals surface area contributed by atoms with Crippen molar-refractivity contribution < 1.29 is 14.3 Å². The molecule has 0 radical (unpaired) electrons. The third kappa shape index (κ3) is 14.8. The summed E-state index contributed by atoms with van der Waals surface area (Å²) in [4.78, 5) is 16.4. The highest BCUT2D eigenvalue weighted by Crippen LogP contribution is 2.34. The number of carbonyl (C=O) groups excluding carboxylic acids is 1. The van der Waals surface area contributed by atoms with Gasteiger partial charge in [0, 0.05) is 18.4 Å². The van der Waals surface area contributed by atoms with E-state index in [1.54, 1.807) is 0 Å². The maximum Gasteiger partial charge on any atom is 0.262 e. The van der Waals surface area contributed by atoms with Crippen LogP contribution in [0, 0.1) is 0 Å². The quantitative estimate of drug-likeness (QED) is 0.140. The van der Waals surface area contributed by atoms with Crippen LogP contribution in [0.25, 0.3) is 0 Å². The number of halogens is 1. The van der Waals surface area contributed by atoms with Crippen LogP contribution in [0.5, 0.6) is 11.5 Å². The smallest absolute Gasteiger partial charge is 0.262 e. The van der Waals surface area contributed by atoms with E-state index in [9.17, 15) is 4.79 Å². The lowest BCUT2D eigenvalue weighted by Gasteiger charge is -2.21. The van der Waals surface area contributed by atoms with E-state index in [4.69, 9.17) is 9.47 Å². The Labute approximate surface area is 282 Å². The number of unbranched alkanes of at least 4 members (excludes halogenated alkanes) is 11. The van der Waals surface area contributed by atoms with Gasteiger partial charge in [0.1, 0.15) is 0 Å². The highest BCUT2D eigenvalue weighted by Gasteiger charge is 2.18. The van der Waals surface area contributed by atoms with E-state index in [1.165, 1.54) is 81.1 Å². The number of anilines is 1. The van der Waals surface area contributed by atoms with Crippen LogP contribution in [-0.2, 0) is 16.8 Å². The zero-order chi connectivity index (χ0) is 30.9. The molecule has 0 saturated carbocycles. The van der Waals surface area contributed by atoms with E-state index in [0.717, 1.165) is 35.8 Å². The molecule has 0 fully saturated rings. The van der Waals surface area contributed by atoms with E-state index in [-0.39, 0.29) is 34.9 Å². The van der Waals surface area contributed by atoms with E-state index in [2.05, 4.69) is 69.2 Å². The zero-order valence-corrected chi connectivity index (χ0v) is 30.5. The molecule has 246 valence electrons. The molecule has 1 aliphatic heterocycles. The van der Waals surface area contributed by atoms with Gasteiger partial charge in [-0.25, -0.2) is 0 Å². The first kappa shape index (κ1) is 38.1. The molecule has 0 unspecified atom stereocenters. The van der Waals surface area contributed by atoms with Crippen molar-refractivity contribution in [1.82, 2.24) is 4.90 Å². The van der Waals surface area contributed by atoms with Crippen molar-refractivity contribution in [2.24, 2.45) is 0 Å². The minimum absolute atomic E-state index is 0. The summed E-state index contributed by atoms with van der Waals surface area (Å²) >= 11 is 1.85. The molecule has 1 amide bonds. The largest absolute Gasteiger partial charge is 0.490 e. The first-order valence-corrected chi connectivity index (χ1v) is 17.6. The Kier molecular flexibility index (Phi) is 18.0. The normalized spacial score (nSPS) is 12.9. The topological polar surface area (TPSA) is 50.8 Å². The number of benzene rings is 2. The Morgan fingerprint density at radius 2 is 1.52 bits per heavy atom. The molecular weight excluding hydrogens is 632 g/mol. The van der Waals surface area contributed by atoms with Crippen LogP contribution in [0.2, 0.25) is 0 Å². The maximum atomic E-state index is 12.8.